The number of benzene rings is 2. The van der Waals surface area contributed by atoms with E-state index in [9.17, 15) is 4.79 Å². The first kappa shape index (κ1) is 18.7. The van der Waals surface area contributed by atoms with Gasteiger partial charge in [0.15, 0.2) is 0 Å². The first-order chi connectivity index (χ1) is 12.9. The Morgan fingerprint density at radius 1 is 1.00 bits per heavy atom. The van der Waals surface area contributed by atoms with Gasteiger partial charge in [-0.15, -0.1) is 0 Å². The van der Waals surface area contributed by atoms with E-state index in [1.807, 2.05) is 37.3 Å². The lowest BCUT2D eigenvalue weighted by Gasteiger charge is -2.10. The highest BCUT2D eigenvalue weighted by Crippen LogP contribution is 2.22. The second-order valence-electron chi connectivity index (χ2n) is 5.96. The number of hydrogen-bond donors (Lipinski definition) is 2. The third-order valence-corrected chi connectivity index (χ3v) is 4.27. The van der Waals surface area contributed by atoms with E-state index in [0.717, 1.165) is 17.0 Å². The van der Waals surface area contributed by atoms with Crippen molar-refractivity contribution in [3.05, 3.63) is 70.6 Å². The monoisotopic (exact) mass is 382 g/mol. The SMILES string of the molecule is COc1ccc(Nc2cc(C(=O)Nc3ccc(C)c(Cl)c3)nc(C)n2)cc1. The van der Waals surface area contributed by atoms with Crippen LogP contribution in [0, 0.1) is 13.8 Å². The zero-order valence-corrected chi connectivity index (χ0v) is 16.0. The van der Waals surface area contributed by atoms with Gasteiger partial charge in [-0.2, -0.15) is 0 Å². The van der Waals surface area contributed by atoms with Crippen LogP contribution in [0.1, 0.15) is 21.9 Å². The van der Waals surface area contributed by atoms with E-state index in [4.69, 9.17) is 16.3 Å². The van der Waals surface area contributed by atoms with Crippen molar-refractivity contribution in [3.63, 3.8) is 0 Å². The minimum Gasteiger partial charge on any atom is -0.497 e. The Morgan fingerprint density at radius 2 is 1.70 bits per heavy atom. The van der Waals surface area contributed by atoms with Gasteiger partial charge in [0, 0.05) is 22.5 Å². The van der Waals surface area contributed by atoms with E-state index in [1.165, 1.54) is 0 Å². The topological polar surface area (TPSA) is 76.1 Å². The molecule has 1 aromatic heterocycles. The van der Waals surface area contributed by atoms with E-state index >= 15 is 0 Å². The number of amides is 1. The smallest absolute Gasteiger partial charge is 0.274 e. The van der Waals surface area contributed by atoms with Crippen LogP contribution < -0.4 is 15.4 Å². The number of methoxy groups -OCH3 is 1. The summed E-state index contributed by atoms with van der Waals surface area (Å²) in [5.41, 5.74) is 2.64. The molecular weight excluding hydrogens is 364 g/mol. The number of aromatic nitrogens is 2. The quantitative estimate of drug-likeness (QED) is 0.665. The van der Waals surface area contributed by atoms with Gasteiger partial charge in [0.25, 0.3) is 5.91 Å². The highest BCUT2D eigenvalue weighted by molar-refractivity contribution is 6.31. The summed E-state index contributed by atoms with van der Waals surface area (Å²) in [5, 5.41) is 6.56. The number of nitrogens with zero attached hydrogens (tertiary/aromatic N) is 2. The number of carbonyl (C=O) groups excluding carboxylic acids is 1. The Hall–Kier alpha value is -3.12. The van der Waals surface area contributed by atoms with Crippen LogP contribution in [-0.2, 0) is 0 Å². The molecule has 0 bridgehead atoms. The zero-order chi connectivity index (χ0) is 19.4. The predicted molar refractivity (Wildman–Crippen MR) is 107 cm³/mol. The Labute approximate surface area is 162 Å². The largest absolute Gasteiger partial charge is 0.497 e. The predicted octanol–water partition coefficient (Wildman–Crippen LogP) is 4.75. The van der Waals surface area contributed by atoms with Gasteiger partial charge in [-0.25, -0.2) is 9.97 Å². The van der Waals surface area contributed by atoms with Gasteiger partial charge in [0.05, 0.1) is 7.11 Å². The average Bonchev–Trinajstić information content (AvgIpc) is 2.65. The lowest BCUT2D eigenvalue weighted by Crippen LogP contribution is -2.15. The van der Waals surface area contributed by atoms with Crippen LogP contribution in [0.5, 0.6) is 5.75 Å². The summed E-state index contributed by atoms with van der Waals surface area (Å²) in [6.45, 7) is 3.64. The van der Waals surface area contributed by atoms with Crippen molar-refractivity contribution in [1.29, 1.82) is 0 Å². The van der Waals surface area contributed by atoms with Crippen molar-refractivity contribution in [2.24, 2.45) is 0 Å². The Bertz CT molecular complexity index is 974. The van der Waals surface area contributed by atoms with E-state index in [0.29, 0.717) is 22.4 Å². The molecule has 0 spiro atoms. The first-order valence-corrected chi connectivity index (χ1v) is 8.66. The fourth-order valence-electron chi connectivity index (χ4n) is 2.44. The molecule has 0 aliphatic carbocycles. The Morgan fingerprint density at radius 3 is 2.37 bits per heavy atom. The Balaban J connectivity index is 1.79. The van der Waals surface area contributed by atoms with Crippen molar-refractivity contribution in [2.45, 2.75) is 13.8 Å². The summed E-state index contributed by atoms with van der Waals surface area (Å²) in [5.74, 6) is 1.44. The molecule has 0 aliphatic heterocycles. The summed E-state index contributed by atoms with van der Waals surface area (Å²) in [6, 6.07) is 14.4. The molecule has 0 aliphatic rings. The van der Waals surface area contributed by atoms with Crippen LogP contribution in [0.2, 0.25) is 5.02 Å². The number of nitrogens with one attached hydrogen (secondary N) is 2. The summed E-state index contributed by atoms with van der Waals surface area (Å²) in [7, 11) is 1.61. The third kappa shape index (κ3) is 4.74. The van der Waals surface area contributed by atoms with E-state index in [-0.39, 0.29) is 11.6 Å². The van der Waals surface area contributed by atoms with E-state index in [2.05, 4.69) is 20.6 Å². The van der Waals surface area contributed by atoms with Crippen molar-refractivity contribution in [1.82, 2.24) is 9.97 Å². The van der Waals surface area contributed by atoms with Crippen LogP contribution in [0.25, 0.3) is 0 Å². The summed E-state index contributed by atoms with van der Waals surface area (Å²) in [6.07, 6.45) is 0. The first-order valence-electron chi connectivity index (χ1n) is 8.29. The molecule has 3 aromatic rings. The molecule has 0 unspecified atom stereocenters. The maximum Gasteiger partial charge on any atom is 0.274 e. The van der Waals surface area contributed by atoms with Crippen molar-refractivity contribution in [2.75, 3.05) is 17.7 Å². The minimum absolute atomic E-state index is 0.259. The normalized spacial score (nSPS) is 10.4. The molecule has 1 amide bonds. The molecule has 27 heavy (non-hydrogen) atoms. The fraction of sp³-hybridized carbons (Fsp3) is 0.150. The average molecular weight is 383 g/mol. The molecule has 6 nitrogen and oxygen atoms in total. The van der Waals surface area contributed by atoms with Crippen LogP contribution >= 0.6 is 11.6 Å². The maximum absolute atomic E-state index is 12.6. The molecule has 2 N–H and O–H groups in total. The highest BCUT2D eigenvalue weighted by Gasteiger charge is 2.12. The molecule has 3 rings (SSSR count). The van der Waals surface area contributed by atoms with E-state index < -0.39 is 0 Å². The Kier molecular flexibility index (Phi) is 5.57. The highest BCUT2D eigenvalue weighted by atomic mass is 35.5. The number of aryl methyl sites for hydroxylation is 2. The fourth-order valence-corrected chi connectivity index (χ4v) is 2.62. The van der Waals surface area contributed by atoms with Gasteiger partial charge in [0.1, 0.15) is 23.1 Å². The second-order valence-corrected chi connectivity index (χ2v) is 6.36. The zero-order valence-electron chi connectivity index (χ0n) is 15.2. The van der Waals surface area contributed by atoms with Crippen LogP contribution in [-0.4, -0.2) is 23.0 Å². The number of carbonyl (C=O) groups is 1. The van der Waals surface area contributed by atoms with E-state index in [1.54, 1.807) is 32.2 Å². The number of halogens is 1. The van der Waals surface area contributed by atoms with Gasteiger partial charge in [-0.1, -0.05) is 17.7 Å². The molecule has 1 heterocycles. The standard InChI is InChI=1S/C20H19ClN4O2/c1-12-4-5-15(10-17(12)21)25-20(26)18-11-19(23-13(2)22-18)24-14-6-8-16(27-3)9-7-14/h4-11H,1-3H3,(H,25,26)(H,22,23,24). The second kappa shape index (κ2) is 8.05. The van der Waals surface area contributed by atoms with Crippen LogP contribution in [0.15, 0.2) is 48.5 Å². The van der Waals surface area contributed by atoms with Crippen molar-refractivity contribution in [3.8, 4) is 5.75 Å². The van der Waals surface area contributed by atoms with Gasteiger partial charge < -0.3 is 15.4 Å². The molecule has 0 atom stereocenters. The van der Waals surface area contributed by atoms with Crippen LogP contribution in [0.4, 0.5) is 17.2 Å². The number of anilines is 3. The molecular formula is C20H19ClN4O2. The molecule has 0 fully saturated rings. The van der Waals surface area contributed by atoms with Gasteiger partial charge >= 0.3 is 0 Å². The van der Waals surface area contributed by atoms with Gasteiger partial charge in [0.2, 0.25) is 0 Å². The van der Waals surface area contributed by atoms with Gasteiger partial charge in [-0.3, -0.25) is 4.79 Å². The molecule has 138 valence electrons. The molecule has 0 saturated carbocycles. The number of rotatable bonds is 5. The van der Waals surface area contributed by atoms with Gasteiger partial charge in [-0.05, 0) is 55.8 Å². The maximum atomic E-state index is 12.6. The molecule has 0 saturated heterocycles. The summed E-state index contributed by atoms with van der Waals surface area (Å²) >= 11 is 6.11. The number of hydrogen-bond acceptors (Lipinski definition) is 5. The minimum atomic E-state index is -0.335. The lowest BCUT2D eigenvalue weighted by atomic mass is 10.2. The number of ether oxygens (including phenoxy) is 1. The van der Waals surface area contributed by atoms with Crippen LogP contribution in [0.3, 0.4) is 0 Å². The summed E-state index contributed by atoms with van der Waals surface area (Å²) < 4.78 is 5.15. The van der Waals surface area contributed by atoms with Crippen molar-refractivity contribution < 1.29 is 9.53 Å². The molecule has 2 aromatic carbocycles. The molecule has 0 radical (unpaired) electrons. The third-order valence-electron chi connectivity index (χ3n) is 3.86. The molecule has 7 heteroatoms. The summed E-state index contributed by atoms with van der Waals surface area (Å²) in [4.78, 5) is 21.1. The van der Waals surface area contributed by atoms with Crippen molar-refractivity contribution >= 4 is 34.7 Å². The lowest BCUT2D eigenvalue weighted by molar-refractivity contribution is 0.102.